The van der Waals surface area contributed by atoms with Crippen LogP contribution in [-0.4, -0.2) is 39.9 Å². The summed E-state index contributed by atoms with van der Waals surface area (Å²) >= 11 is 0. The zero-order valence-corrected chi connectivity index (χ0v) is 11.8. The summed E-state index contributed by atoms with van der Waals surface area (Å²) in [6.07, 6.45) is 0.403. The topological polar surface area (TPSA) is 101 Å². The maximum absolute atomic E-state index is 12.4. The fourth-order valence-corrected chi connectivity index (χ4v) is 2.48. The number of carbonyl (C=O) groups excluding carboxylic acids is 1. The highest BCUT2D eigenvalue weighted by Crippen LogP contribution is 2.31. The highest BCUT2D eigenvalue weighted by atomic mass is 16.6. The monoisotopic (exact) mass is 292 g/mol. The Morgan fingerprint density at radius 3 is 2.57 bits per heavy atom. The van der Waals surface area contributed by atoms with Gasteiger partial charge in [0.1, 0.15) is 0 Å². The fourth-order valence-electron chi connectivity index (χ4n) is 2.48. The molecule has 0 aromatic heterocycles. The highest BCUT2D eigenvalue weighted by Gasteiger charge is 2.42. The van der Waals surface area contributed by atoms with Crippen LogP contribution in [0.15, 0.2) is 18.2 Å². The number of benzene rings is 1. The predicted molar refractivity (Wildman–Crippen MR) is 74.1 cm³/mol. The number of aryl methyl sites for hydroxylation is 1. The smallest absolute Gasteiger partial charge is 0.311 e. The molecule has 1 unspecified atom stereocenters. The first-order valence-electron chi connectivity index (χ1n) is 6.52. The second-order valence-corrected chi connectivity index (χ2v) is 5.60. The van der Waals surface area contributed by atoms with E-state index in [1.165, 1.54) is 23.1 Å². The van der Waals surface area contributed by atoms with Gasteiger partial charge in [-0.25, -0.2) is 0 Å². The van der Waals surface area contributed by atoms with Crippen molar-refractivity contribution < 1.29 is 19.6 Å². The van der Waals surface area contributed by atoms with E-state index < -0.39 is 16.3 Å². The van der Waals surface area contributed by atoms with Crippen LogP contribution in [0.5, 0.6) is 0 Å². The van der Waals surface area contributed by atoms with E-state index in [1.807, 2.05) is 0 Å². The summed E-state index contributed by atoms with van der Waals surface area (Å²) in [7, 11) is 0. The molecular weight excluding hydrogens is 276 g/mol. The van der Waals surface area contributed by atoms with E-state index in [0.717, 1.165) is 0 Å². The van der Waals surface area contributed by atoms with E-state index in [2.05, 4.69) is 0 Å². The van der Waals surface area contributed by atoms with Crippen molar-refractivity contribution in [1.82, 2.24) is 4.90 Å². The van der Waals surface area contributed by atoms with Crippen LogP contribution in [0.2, 0.25) is 0 Å². The molecule has 0 bridgehead atoms. The number of likely N-dealkylation sites (tertiary alicyclic amines) is 1. The van der Waals surface area contributed by atoms with Gasteiger partial charge in [0.25, 0.3) is 11.6 Å². The van der Waals surface area contributed by atoms with Crippen molar-refractivity contribution >= 4 is 17.6 Å². The predicted octanol–water partition coefficient (Wildman–Crippen LogP) is 1.84. The summed E-state index contributed by atoms with van der Waals surface area (Å²) in [4.78, 5) is 35.3. The van der Waals surface area contributed by atoms with Gasteiger partial charge in [-0.05, 0) is 32.4 Å². The molecule has 21 heavy (non-hydrogen) atoms. The number of rotatable bonds is 3. The number of carbonyl (C=O) groups is 2. The molecular formula is C14H16N2O5. The summed E-state index contributed by atoms with van der Waals surface area (Å²) < 4.78 is 0. The van der Waals surface area contributed by atoms with Crippen molar-refractivity contribution in [2.75, 3.05) is 13.1 Å². The van der Waals surface area contributed by atoms with Gasteiger partial charge in [0, 0.05) is 30.3 Å². The zero-order valence-electron chi connectivity index (χ0n) is 11.8. The van der Waals surface area contributed by atoms with Gasteiger partial charge in [-0.3, -0.25) is 19.7 Å². The number of nitro benzene ring substituents is 1. The van der Waals surface area contributed by atoms with Gasteiger partial charge in [0.05, 0.1) is 10.3 Å². The van der Waals surface area contributed by atoms with Crippen LogP contribution in [-0.2, 0) is 4.79 Å². The number of amides is 1. The molecule has 1 aromatic carbocycles. The van der Waals surface area contributed by atoms with Crippen LogP contribution in [0.1, 0.15) is 29.3 Å². The molecule has 0 spiro atoms. The molecule has 1 saturated heterocycles. The van der Waals surface area contributed by atoms with Crippen molar-refractivity contribution in [2.24, 2.45) is 5.41 Å². The average molecular weight is 292 g/mol. The van der Waals surface area contributed by atoms with Crippen molar-refractivity contribution in [3.8, 4) is 0 Å². The third kappa shape index (κ3) is 2.72. The van der Waals surface area contributed by atoms with Gasteiger partial charge < -0.3 is 10.0 Å². The fraction of sp³-hybridized carbons (Fsp3) is 0.429. The molecule has 1 fully saturated rings. The summed E-state index contributed by atoms with van der Waals surface area (Å²) in [5, 5.41) is 19.9. The first-order valence-corrected chi connectivity index (χ1v) is 6.52. The van der Waals surface area contributed by atoms with Gasteiger partial charge in [0.15, 0.2) is 0 Å². The Morgan fingerprint density at radius 2 is 2.10 bits per heavy atom. The second-order valence-electron chi connectivity index (χ2n) is 5.60. The SMILES string of the molecule is Cc1cc(C(=O)N2CCC(C)(C(=O)O)C2)ccc1[N+](=O)[O-]. The van der Waals surface area contributed by atoms with E-state index in [1.54, 1.807) is 13.8 Å². The number of nitrogens with zero attached hydrogens (tertiary/aromatic N) is 2. The molecule has 0 aliphatic carbocycles. The molecule has 0 radical (unpaired) electrons. The second kappa shape index (κ2) is 5.16. The van der Waals surface area contributed by atoms with E-state index in [9.17, 15) is 24.8 Å². The molecule has 1 aromatic rings. The third-order valence-electron chi connectivity index (χ3n) is 3.92. The zero-order chi connectivity index (χ0) is 15.8. The maximum atomic E-state index is 12.4. The van der Waals surface area contributed by atoms with Crippen LogP contribution in [0.4, 0.5) is 5.69 Å². The molecule has 7 nitrogen and oxygen atoms in total. The van der Waals surface area contributed by atoms with Crippen molar-refractivity contribution in [3.05, 3.63) is 39.4 Å². The lowest BCUT2D eigenvalue weighted by Gasteiger charge is -2.20. The first-order chi connectivity index (χ1) is 9.74. The molecule has 1 N–H and O–H groups in total. The Labute approximate surface area is 121 Å². The summed E-state index contributed by atoms with van der Waals surface area (Å²) in [6.45, 7) is 3.71. The molecule has 1 amide bonds. The van der Waals surface area contributed by atoms with Crippen LogP contribution in [0, 0.1) is 22.5 Å². The molecule has 0 saturated carbocycles. The number of carboxylic acid groups (broad SMARTS) is 1. The average Bonchev–Trinajstić information content (AvgIpc) is 2.81. The Hall–Kier alpha value is -2.44. The summed E-state index contributed by atoms with van der Waals surface area (Å²) in [5.74, 6) is -1.21. The van der Waals surface area contributed by atoms with Gasteiger partial charge in [-0.2, -0.15) is 0 Å². The van der Waals surface area contributed by atoms with Gasteiger partial charge in [0.2, 0.25) is 0 Å². The summed E-state index contributed by atoms with van der Waals surface area (Å²) in [5.41, 5.74) is -0.215. The van der Waals surface area contributed by atoms with Crippen LogP contribution < -0.4 is 0 Å². The minimum atomic E-state index is -0.925. The van der Waals surface area contributed by atoms with Gasteiger partial charge >= 0.3 is 5.97 Å². The standard InChI is InChI=1S/C14H16N2O5/c1-9-7-10(3-4-11(9)16(20)21)12(17)15-6-5-14(2,8-15)13(18)19/h3-4,7H,5-6,8H2,1-2H3,(H,18,19). The van der Waals surface area contributed by atoms with Crippen LogP contribution in [0.25, 0.3) is 0 Å². The lowest BCUT2D eigenvalue weighted by Crippen LogP contribution is -2.34. The Balaban J connectivity index is 2.20. The first kappa shape index (κ1) is 15.0. The molecule has 2 rings (SSSR count). The highest BCUT2D eigenvalue weighted by molar-refractivity contribution is 5.95. The molecule has 1 aliphatic rings. The number of nitro groups is 1. The molecule has 1 heterocycles. The van der Waals surface area contributed by atoms with Crippen molar-refractivity contribution in [1.29, 1.82) is 0 Å². The van der Waals surface area contributed by atoms with Crippen molar-refractivity contribution in [2.45, 2.75) is 20.3 Å². The van der Waals surface area contributed by atoms with E-state index in [4.69, 9.17) is 0 Å². The number of aliphatic carboxylic acids is 1. The van der Waals surface area contributed by atoms with Crippen molar-refractivity contribution in [3.63, 3.8) is 0 Å². The summed E-state index contributed by atoms with van der Waals surface area (Å²) in [6, 6.07) is 4.18. The van der Waals surface area contributed by atoms with Gasteiger partial charge in [-0.15, -0.1) is 0 Å². The van der Waals surface area contributed by atoms with Gasteiger partial charge in [-0.1, -0.05) is 0 Å². The maximum Gasteiger partial charge on any atom is 0.311 e. The molecule has 1 aliphatic heterocycles. The van der Waals surface area contributed by atoms with E-state index >= 15 is 0 Å². The van der Waals surface area contributed by atoms with Crippen LogP contribution in [0.3, 0.4) is 0 Å². The third-order valence-corrected chi connectivity index (χ3v) is 3.92. The van der Waals surface area contributed by atoms with E-state index in [0.29, 0.717) is 24.1 Å². The number of carboxylic acids is 1. The Morgan fingerprint density at radius 1 is 1.43 bits per heavy atom. The number of hydrogen-bond donors (Lipinski definition) is 1. The Kier molecular flexibility index (Phi) is 3.67. The minimum Gasteiger partial charge on any atom is -0.481 e. The lowest BCUT2D eigenvalue weighted by atomic mass is 9.90. The largest absolute Gasteiger partial charge is 0.481 e. The quantitative estimate of drug-likeness (QED) is 0.676. The minimum absolute atomic E-state index is 0.0386. The Bertz CT molecular complexity index is 628. The van der Waals surface area contributed by atoms with Crippen LogP contribution >= 0.6 is 0 Å². The lowest BCUT2D eigenvalue weighted by molar-refractivity contribution is -0.385. The normalized spacial score (nSPS) is 21.3. The molecule has 112 valence electrons. The molecule has 1 atom stereocenters. The number of hydrogen-bond acceptors (Lipinski definition) is 4. The van der Waals surface area contributed by atoms with E-state index in [-0.39, 0.29) is 18.1 Å². The molecule has 7 heteroatoms.